The Kier molecular flexibility index (Phi) is 3.66. The fraction of sp³-hybridized carbons (Fsp3) is 0.615. The van der Waals surface area contributed by atoms with Crippen LogP contribution < -0.4 is 10.0 Å². The van der Waals surface area contributed by atoms with E-state index in [1.807, 2.05) is 0 Å². The topological polar surface area (TPSA) is 74.3 Å². The van der Waals surface area contributed by atoms with Crippen molar-refractivity contribution in [3.05, 3.63) is 18.5 Å². The lowest BCUT2D eigenvalue weighted by atomic mass is 10.1. The SMILES string of the molecule is CNc1ccncc1S(=O)(=O)NC1CCN2CCCC12. The van der Waals surface area contributed by atoms with Gasteiger partial charge in [0, 0.05) is 38.1 Å². The van der Waals surface area contributed by atoms with Crippen LogP contribution in [-0.4, -0.2) is 50.5 Å². The van der Waals surface area contributed by atoms with Crippen molar-refractivity contribution in [2.75, 3.05) is 25.5 Å². The van der Waals surface area contributed by atoms with Gasteiger partial charge < -0.3 is 5.32 Å². The number of nitrogens with one attached hydrogen (secondary N) is 2. The molecule has 1 aromatic heterocycles. The average molecular weight is 296 g/mol. The Morgan fingerprint density at radius 1 is 1.35 bits per heavy atom. The highest BCUT2D eigenvalue weighted by Gasteiger charge is 2.39. The lowest BCUT2D eigenvalue weighted by Crippen LogP contribution is -2.42. The summed E-state index contributed by atoms with van der Waals surface area (Å²) in [5, 5.41) is 2.90. The predicted octanol–water partition coefficient (Wildman–Crippen LogP) is 0.638. The summed E-state index contributed by atoms with van der Waals surface area (Å²) in [6.45, 7) is 2.08. The van der Waals surface area contributed by atoms with Gasteiger partial charge in [0.05, 0.1) is 5.69 Å². The molecule has 0 aliphatic carbocycles. The lowest BCUT2D eigenvalue weighted by molar-refractivity contribution is 0.309. The second-order valence-electron chi connectivity index (χ2n) is 5.38. The molecule has 2 atom stereocenters. The first-order valence-corrected chi connectivity index (χ1v) is 8.48. The van der Waals surface area contributed by atoms with E-state index in [1.165, 1.54) is 6.20 Å². The molecule has 2 fully saturated rings. The minimum absolute atomic E-state index is 0.0208. The van der Waals surface area contributed by atoms with Crippen molar-refractivity contribution in [2.45, 2.75) is 36.2 Å². The van der Waals surface area contributed by atoms with Crippen LogP contribution in [0, 0.1) is 0 Å². The molecule has 0 radical (unpaired) electrons. The first-order chi connectivity index (χ1) is 9.62. The van der Waals surface area contributed by atoms with Gasteiger partial charge in [-0.2, -0.15) is 0 Å². The molecule has 1 aromatic rings. The Labute approximate surface area is 119 Å². The van der Waals surface area contributed by atoms with Gasteiger partial charge in [-0.1, -0.05) is 0 Å². The maximum absolute atomic E-state index is 12.5. The van der Waals surface area contributed by atoms with Crippen molar-refractivity contribution in [1.82, 2.24) is 14.6 Å². The maximum Gasteiger partial charge on any atom is 0.244 e. The molecule has 0 spiro atoms. The summed E-state index contributed by atoms with van der Waals surface area (Å²) in [5.74, 6) is 0. The van der Waals surface area contributed by atoms with Crippen LogP contribution >= 0.6 is 0 Å². The van der Waals surface area contributed by atoms with E-state index in [-0.39, 0.29) is 10.9 Å². The van der Waals surface area contributed by atoms with E-state index in [2.05, 4.69) is 19.9 Å². The molecule has 20 heavy (non-hydrogen) atoms. The zero-order valence-corrected chi connectivity index (χ0v) is 12.4. The largest absolute Gasteiger partial charge is 0.387 e. The summed E-state index contributed by atoms with van der Waals surface area (Å²) in [6.07, 6.45) is 6.12. The molecule has 0 aromatic carbocycles. The van der Waals surface area contributed by atoms with E-state index in [1.54, 1.807) is 19.3 Å². The van der Waals surface area contributed by atoms with Gasteiger partial charge in [-0.15, -0.1) is 0 Å². The maximum atomic E-state index is 12.5. The van der Waals surface area contributed by atoms with E-state index in [9.17, 15) is 8.42 Å². The minimum Gasteiger partial charge on any atom is -0.387 e. The van der Waals surface area contributed by atoms with E-state index in [4.69, 9.17) is 0 Å². The van der Waals surface area contributed by atoms with Gasteiger partial charge in [-0.05, 0) is 31.9 Å². The standard InChI is InChI=1S/C13H20N4O2S/c1-14-11-4-6-15-9-13(11)20(18,19)16-10-5-8-17-7-2-3-12(10)17/h4,6,9-10,12,16H,2-3,5,7-8H2,1H3,(H,14,15). The quantitative estimate of drug-likeness (QED) is 0.853. The molecule has 2 unspecified atom stereocenters. The average Bonchev–Trinajstić information content (AvgIpc) is 3.04. The number of fused-ring (bicyclic) bond motifs is 1. The fourth-order valence-corrected chi connectivity index (χ4v) is 4.74. The Morgan fingerprint density at radius 2 is 2.20 bits per heavy atom. The summed E-state index contributed by atoms with van der Waals surface area (Å²) in [6, 6.07) is 2.05. The highest BCUT2D eigenvalue weighted by Crippen LogP contribution is 2.29. The fourth-order valence-electron chi connectivity index (χ4n) is 3.28. The third-order valence-electron chi connectivity index (χ3n) is 4.26. The van der Waals surface area contributed by atoms with Gasteiger partial charge in [0.25, 0.3) is 0 Å². The Morgan fingerprint density at radius 3 is 3.00 bits per heavy atom. The van der Waals surface area contributed by atoms with Crippen LogP contribution in [0.25, 0.3) is 0 Å². The van der Waals surface area contributed by atoms with E-state index < -0.39 is 10.0 Å². The number of anilines is 1. The molecule has 0 amide bonds. The van der Waals surface area contributed by atoms with Crippen molar-refractivity contribution >= 4 is 15.7 Å². The number of rotatable bonds is 4. The summed E-state index contributed by atoms with van der Waals surface area (Å²) >= 11 is 0. The Hall–Kier alpha value is -1.18. The molecular formula is C13H20N4O2S. The minimum atomic E-state index is -3.53. The van der Waals surface area contributed by atoms with Crippen LogP contribution in [0.1, 0.15) is 19.3 Å². The molecule has 0 bridgehead atoms. The molecule has 0 saturated carbocycles. The third kappa shape index (κ3) is 2.41. The summed E-state index contributed by atoms with van der Waals surface area (Å²) < 4.78 is 28.0. The zero-order valence-electron chi connectivity index (χ0n) is 11.5. The van der Waals surface area contributed by atoms with Crippen molar-refractivity contribution in [3.63, 3.8) is 0 Å². The lowest BCUT2D eigenvalue weighted by Gasteiger charge is -2.21. The van der Waals surface area contributed by atoms with E-state index in [0.29, 0.717) is 11.7 Å². The first kappa shape index (κ1) is 13.8. The number of hydrogen-bond donors (Lipinski definition) is 2. The van der Waals surface area contributed by atoms with Crippen LogP contribution in [0.3, 0.4) is 0 Å². The molecule has 6 nitrogen and oxygen atoms in total. The number of aromatic nitrogens is 1. The van der Waals surface area contributed by atoms with E-state index in [0.717, 1.165) is 32.4 Å². The van der Waals surface area contributed by atoms with Crippen LogP contribution in [-0.2, 0) is 10.0 Å². The van der Waals surface area contributed by atoms with Gasteiger partial charge in [0.1, 0.15) is 4.90 Å². The van der Waals surface area contributed by atoms with Crippen molar-refractivity contribution < 1.29 is 8.42 Å². The highest BCUT2D eigenvalue weighted by molar-refractivity contribution is 7.89. The smallest absolute Gasteiger partial charge is 0.244 e. The number of hydrogen-bond acceptors (Lipinski definition) is 5. The van der Waals surface area contributed by atoms with Gasteiger partial charge in [0.2, 0.25) is 10.0 Å². The van der Waals surface area contributed by atoms with Gasteiger partial charge in [-0.25, -0.2) is 13.1 Å². The normalized spacial score (nSPS) is 26.6. The van der Waals surface area contributed by atoms with Crippen molar-refractivity contribution in [2.24, 2.45) is 0 Å². The predicted molar refractivity (Wildman–Crippen MR) is 77.1 cm³/mol. The molecule has 2 aliphatic rings. The van der Waals surface area contributed by atoms with Crippen LogP contribution in [0.4, 0.5) is 5.69 Å². The molecular weight excluding hydrogens is 276 g/mol. The summed E-state index contributed by atoms with van der Waals surface area (Å²) in [4.78, 5) is 6.54. The second kappa shape index (κ2) is 5.31. The highest BCUT2D eigenvalue weighted by atomic mass is 32.2. The van der Waals surface area contributed by atoms with Gasteiger partial charge in [-0.3, -0.25) is 9.88 Å². The van der Waals surface area contributed by atoms with Crippen LogP contribution in [0.15, 0.2) is 23.4 Å². The molecule has 2 saturated heterocycles. The van der Waals surface area contributed by atoms with Crippen LogP contribution in [0.2, 0.25) is 0 Å². The third-order valence-corrected chi connectivity index (χ3v) is 5.77. The van der Waals surface area contributed by atoms with E-state index >= 15 is 0 Å². The molecule has 3 heterocycles. The van der Waals surface area contributed by atoms with Crippen molar-refractivity contribution in [3.8, 4) is 0 Å². The summed E-state index contributed by atoms with van der Waals surface area (Å²) in [5.41, 5.74) is 0.578. The van der Waals surface area contributed by atoms with Crippen molar-refractivity contribution in [1.29, 1.82) is 0 Å². The molecule has 7 heteroatoms. The molecule has 2 aliphatic heterocycles. The monoisotopic (exact) mass is 296 g/mol. The first-order valence-electron chi connectivity index (χ1n) is 7.00. The molecule has 3 rings (SSSR count). The summed E-state index contributed by atoms with van der Waals surface area (Å²) in [7, 11) is -1.82. The number of nitrogens with zero attached hydrogens (tertiary/aromatic N) is 2. The zero-order chi connectivity index (χ0) is 14.2. The Balaban J connectivity index is 1.82. The molecule has 110 valence electrons. The number of pyridine rings is 1. The molecule has 2 N–H and O–H groups in total. The van der Waals surface area contributed by atoms with Crippen LogP contribution in [0.5, 0.6) is 0 Å². The second-order valence-corrected chi connectivity index (χ2v) is 7.07. The van der Waals surface area contributed by atoms with Gasteiger partial charge >= 0.3 is 0 Å². The number of sulfonamides is 1. The van der Waals surface area contributed by atoms with Gasteiger partial charge in [0.15, 0.2) is 0 Å². The Bertz CT molecular complexity index is 590.